The molecule has 0 spiro atoms. The summed E-state index contributed by atoms with van der Waals surface area (Å²) in [5.74, 6) is -0.103. The number of nitrogens with zero attached hydrogens (tertiary/aromatic N) is 5. The van der Waals surface area contributed by atoms with Crippen molar-refractivity contribution in [3.05, 3.63) is 65.9 Å². The summed E-state index contributed by atoms with van der Waals surface area (Å²) >= 11 is 1.67. The van der Waals surface area contributed by atoms with Gasteiger partial charge in [0.15, 0.2) is 0 Å². The van der Waals surface area contributed by atoms with Crippen LogP contribution in [0.1, 0.15) is 0 Å². The van der Waals surface area contributed by atoms with Gasteiger partial charge in [0, 0.05) is 28.7 Å². The largest absolute Gasteiger partial charge is 0.338 e. The van der Waals surface area contributed by atoms with Gasteiger partial charge in [-0.2, -0.15) is 16.4 Å². The number of aromatic amines is 2. The first kappa shape index (κ1) is 22.1. The number of carbonyl (C=O) groups excluding carboxylic acids is 1. The number of hydrogen-bond acceptors (Lipinski definition) is 7. The zero-order valence-corrected chi connectivity index (χ0v) is 20.4. The van der Waals surface area contributed by atoms with Crippen molar-refractivity contribution in [2.24, 2.45) is 0 Å². The molecular formula is C26H22N8OS. The lowest BCUT2D eigenvalue weighted by molar-refractivity contribution is -0.116. The number of fused-ring (bicyclic) bond motifs is 2. The van der Waals surface area contributed by atoms with Crippen LogP contribution in [-0.2, 0) is 4.79 Å². The number of likely N-dealkylation sites (N-methyl/N-ethyl adjacent to an activating group) is 1. The molecule has 0 aliphatic rings. The van der Waals surface area contributed by atoms with Gasteiger partial charge < -0.3 is 15.2 Å². The van der Waals surface area contributed by atoms with Gasteiger partial charge in [-0.15, -0.1) is 0 Å². The summed E-state index contributed by atoms with van der Waals surface area (Å²) in [6, 6.07) is 10.1. The summed E-state index contributed by atoms with van der Waals surface area (Å²) in [6.07, 6.45) is 6.94. The fourth-order valence-electron chi connectivity index (χ4n) is 4.24. The molecule has 0 aliphatic heterocycles. The molecule has 0 atom stereocenters. The number of H-pyrrole nitrogens is 2. The maximum absolute atomic E-state index is 12.2. The van der Waals surface area contributed by atoms with Crippen LogP contribution in [0.5, 0.6) is 0 Å². The summed E-state index contributed by atoms with van der Waals surface area (Å²) < 4.78 is 0. The molecule has 36 heavy (non-hydrogen) atoms. The number of carbonyl (C=O) groups is 1. The van der Waals surface area contributed by atoms with Crippen LogP contribution >= 0.6 is 11.3 Å². The number of pyridine rings is 3. The third kappa shape index (κ3) is 4.12. The van der Waals surface area contributed by atoms with Crippen molar-refractivity contribution >= 4 is 44.9 Å². The fraction of sp³-hybridized carbons (Fsp3) is 0.115. The molecule has 0 fully saturated rings. The third-order valence-corrected chi connectivity index (χ3v) is 6.53. The Morgan fingerprint density at radius 3 is 2.81 bits per heavy atom. The highest BCUT2D eigenvalue weighted by atomic mass is 32.1. The second kappa shape index (κ2) is 8.99. The Morgan fingerprint density at radius 1 is 1.06 bits per heavy atom. The molecule has 0 saturated carbocycles. The SMILES string of the molecule is CN(C)CC(=O)Nc1cncc(-c2cc3c(-c4cc5c(-c6ccsc6)ccnc5[nH]4)n[nH]c3cn2)c1. The summed E-state index contributed by atoms with van der Waals surface area (Å²) in [6.45, 7) is 0.292. The van der Waals surface area contributed by atoms with Gasteiger partial charge in [-0.05, 0) is 66.3 Å². The van der Waals surface area contributed by atoms with Gasteiger partial charge >= 0.3 is 0 Å². The topological polar surface area (TPSA) is 115 Å². The van der Waals surface area contributed by atoms with Crippen molar-refractivity contribution in [2.45, 2.75) is 0 Å². The van der Waals surface area contributed by atoms with E-state index in [0.717, 1.165) is 50.1 Å². The average molecular weight is 495 g/mol. The number of amides is 1. The Hall–Kier alpha value is -4.41. The highest BCUT2D eigenvalue weighted by molar-refractivity contribution is 7.08. The minimum absolute atomic E-state index is 0.103. The Kier molecular flexibility index (Phi) is 5.51. The molecule has 0 saturated heterocycles. The molecule has 0 radical (unpaired) electrons. The van der Waals surface area contributed by atoms with E-state index in [-0.39, 0.29) is 5.91 Å². The fourth-order valence-corrected chi connectivity index (χ4v) is 4.90. The smallest absolute Gasteiger partial charge is 0.238 e. The highest BCUT2D eigenvalue weighted by Crippen LogP contribution is 2.34. The summed E-state index contributed by atoms with van der Waals surface area (Å²) in [5, 5.41) is 16.7. The van der Waals surface area contributed by atoms with Gasteiger partial charge in [0.05, 0.1) is 41.5 Å². The zero-order valence-electron chi connectivity index (χ0n) is 19.6. The van der Waals surface area contributed by atoms with Crippen LogP contribution in [0.2, 0.25) is 0 Å². The first-order valence-electron chi connectivity index (χ1n) is 11.3. The Balaban J connectivity index is 1.38. The van der Waals surface area contributed by atoms with Gasteiger partial charge in [0.2, 0.25) is 5.91 Å². The van der Waals surface area contributed by atoms with E-state index in [9.17, 15) is 4.79 Å². The maximum Gasteiger partial charge on any atom is 0.238 e. The first-order chi connectivity index (χ1) is 17.5. The number of nitrogens with one attached hydrogen (secondary N) is 3. The second-order valence-corrected chi connectivity index (χ2v) is 9.53. The predicted molar refractivity (Wildman–Crippen MR) is 143 cm³/mol. The van der Waals surface area contributed by atoms with Crippen molar-refractivity contribution in [2.75, 3.05) is 26.0 Å². The lowest BCUT2D eigenvalue weighted by atomic mass is 10.1. The third-order valence-electron chi connectivity index (χ3n) is 5.84. The van der Waals surface area contributed by atoms with E-state index < -0.39 is 0 Å². The van der Waals surface area contributed by atoms with Crippen LogP contribution in [0.25, 0.3) is 55.7 Å². The zero-order chi connectivity index (χ0) is 24.6. The molecule has 0 aromatic carbocycles. The molecule has 178 valence electrons. The molecule has 9 nitrogen and oxygen atoms in total. The van der Waals surface area contributed by atoms with E-state index in [1.54, 1.807) is 29.9 Å². The number of aromatic nitrogens is 6. The van der Waals surface area contributed by atoms with Gasteiger partial charge in [-0.25, -0.2) is 4.98 Å². The van der Waals surface area contributed by atoms with Crippen molar-refractivity contribution in [1.29, 1.82) is 0 Å². The lowest BCUT2D eigenvalue weighted by Crippen LogP contribution is -2.27. The van der Waals surface area contributed by atoms with E-state index in [1.165, 1.54) is 5.56 Å². The normalized spacial score (nSPS) is 11.5. The molecule has 0 bridgehead atoms. The monoisotopic (exact) mass is 494 g/mol. The first-order valence-corrected chi connectivity index (χ1v) is 12.2. The quantitative estimate of drug-likeness (QED) is 0.307. The minimum Gasteiger partial charge on any atom is -0.338 e. The van der Waals surface area contributed by atoms with Crippen LogP contribution in [0, 0.1) is 0 Å². The molecule has 6 aromatic heterocycles. The molecular weight excluding hydrogens is 472 g/mol. The van der Waals surface area contributed by atoms with Crippen molar-refractivity contribution in [3.8, 4) is 33.8 Å². The van der Waals surface area contributed by atoms with E-state index >= 15 is 0 Å². The molecule has 0 unspecified atom stereocenters. The van der Waals surface area contributed by atoms with E-state index in [2.05, 4.69) is 58.3 Å². The van der Waals surface area contributed by atoms with Crippen LogP contribution in [-0.4, -0.2) is 61.6 Å². The molecule has 6 rings (SSSR count). The van der Waals surface area contributed by atoms with Gasteiger partial charge in [-0.1, -0.05) is 0 Å². The van der Waals surface area contributed by atoms with E-state index in [4.69, 9.17) is 0 Å². The summed E-state index contributed by atoms with van der Waals surface area (Å²) in [7, 11) is 3.70. The highest BCUT2D eigenvalue weighted by Gasteiger charge is 2.16. The summed E-state index contributed by atoms with van der Waals surface area (Å²) in [5.41, 5.74) is 7.73. The molecule has 0 aliphatic carbocycles. The van der Waals surface area contributed by atoms with E-state index in [1.807, 2.05) is 43.4 Å². The molecule has 6 heterocycles. The molecule has 6 aromatic rings. The Labute approximate surface area is 210 Å². The van der Waals surface area contributed by atoms with Crippen LogP contribution in [0.15, 0.2) is 65.9 Å². The average Bonchev–Trinajstić information content (AvgIpc) is 3.62. The van der Waals surface area contributed by atoms with Crippen LogP contribution < -0.4 is 5.32 Å². The lowest BCUT2D eigenvalue weighted by Gasteiger charge is -2.10. The maximum atomic E-state index is 12.2. The number of anilines is 1. The van der Waals surface area contributed by atoms with Crippen molar-refractivity contribution in [1.82, 2.24) is 35.0 Å². The van der Waals surface area contributed by atoms with Gasteiger partial charge in [0.25, 0.3) is 0 Å². The standard InChI is InChI=1S/C26H22N8OS/c1-34(2)13-24(35)30-17-7-16(10-27-11-17)21-9-20-23(12-29-21)32-33-25(20)22-8-19-18(15-4-6-36-14-15)3-5-28-26(19)31-22/h3-12,14H,13H2,1-2H3,(H,28,31)(H,30,35)(H,32,33). The summed E-state index contributed by atoms with van der Waals surface area (Å²) in [4.78, 5) is 30.8. The minimum atomic E-state index is -0.103. The van der Waals surface area contributed by atoms with Crippen LogP contribution in [0.4, 0.5) is 5.69 Å². The number of rotatable bonds is 6. The van der Waals surface area contributed by atoms with Crippen LogP contribution in [0.3, 0.4) is 0 Å². The second-order valence-electron chi connectivity index (χ2n) is 8.75. The molecule has 1 amide bonds. The number of hydrogen-bond donors (Lipinski definition) is 3. The van der Waals surface area contributed by atoms with Crippen molar-refractivity contribution < 1.29 is 4.79 Å². The number of thiophene rings is 1. The Morgan fingerprint density at radius 2 is 1.97 bits per heavy atom. The van der Waals surface area contributed by atoms with Gasteiger partial charge in [-0.3, -0.25) is 19.9 Å². The molecule has 10 heteroatoms. The van der Waals surface area contributed by atoms with E-state index in [0.29, 0.717) is 12.2 Å². The molecule has 3 N–H and O–H groups in total. The Bertz CT molecular complexity index is 1700. The predicted octanol–water partition coefficient (Wildman–Crippen LogP) is 4.79. The van der Waals surface area contributed by atoms with Crippen molar-refractivity contribution in [3.63, 3.8) is 0 Å². The van der Waals surface area contributed by atoms with Gasteiger partial charge in [0.1, 0.15) is 11.3 Å².